The summed E-state index contributed by atoms with van der Waals surface area (Å²) in [6.45, 7) is 2.58. The first-order chi connectivity index (χ1) is 11.5. The Kier molecular flexibility index (Phi) is 6.37. The highest BCUT2D eigenvalue weighted by molar-refractivity contribution is 9.10. The molecule has 0 amide bonds. The molecule has 126 valence electrons. The predicted molar refractivity (Wildman–Crippen MR) is 92.9 cm³/mol. The maximum atomic E-state index is 12.4. The molecular formula is C18H17BrO5. The van der Waals surface area contributed by atoms with Gasteiger partial charge in [-0.1, -0.05) is 25.5 Å². The number of carboxylic acid groups (broad SMARTS) is 1. The number of aromatic carboxylic acids is 1. The van der Waals surface area contributed by atoms with Crippen molar-refractivity contribution in [2.24, 2.45) is 0 Å². The van der Waals surface area contributed by atoms with Gasteiger partial charge in [0, 0.05) is 0 Å². The van der Waals surface area contributed by atoms with Crippen molar-refractivity contribution < 1.29 is 24.2 Å². The predicted octanol–water partition coefficient (Wildman–Crippen LogP) is 4.55. The van der Waals surface area contributed by atoms with Gasteiger partial charge in [0.05, 0.1) is 16.6 Å². The minimum atomic E-state index is -1.05. The lowest BCUT2D eigenvalue weighted by Crippen LogP contribution is -2.12. The molecule has 0 unspecified atom stereocenters. The molecule has 24 heavy (non-hydrogen) atoms. The van der Waals surface area contributed by atoms with E-state index in [9.17, 15) is 9.59 Å². The number of rotatable bonds is 7. The van der Waals surface area contributed by atoms with Crippen LogP contribution in [0.4, 0.5) is 0 Å². The van der Waals surface area contributed by atoms with Crippen molar-refractivity contribution in [1.29, 1.82) is 0 Å². The first-order valence-corrected chi connectivity index (χ1v) is 8.29. The Morgan fingerprint density at radius 1 is 1.12 bits per heavy atom. The third-order valence-electron chi connectivity index (χ3n) is 3.24. The zero-order chi connectivity index (χ0) is 17.5. The molecule has 0 heterocycles. The minimum Gasteiger partial charge on any atom is -0.493 e. The number of para-hydroxylation sites is 1. The van der Waals surface area contributed by atoms with Crippen LogP contribution in [-0.4, -0.2) is 23.7 Å². The van der Waals surface area contributed by atoms with Gasteiger partial charge in [-0.25, -0.2) is 9.59 Å². The molecule has 0 saturated carbocycles. The summed E-state index contributed by atoms with van der Waals surface area (Å²) in [5.41, 5.74) is 0.424. The maximum Gasteiger partial charge on any atom is 0.347 e. The summed E-state index contributed by atoms with van der Waals surface area (Å²) in [7, 11) is 0. The number of unbranched alkanes of at least 4 members (excludes halogenated alkanes) is 1. The Labute approximate surface area is 148 Å². The quantitative estimate of drug-likeness (QED) is 0.425. The lowest BCUT2D eigenvalue weighted by Gasteiger charge is -2.11. The molecule has 0 aromatic heterocycles. The molecule has 0 aliphatic rings. The average Bonchev–Trinajstić information content (AvgIpc) is 2.57. The Hall–Kier alpha value is -2.34. The molecule has 2 rings (SSSR count). The number of hydrogen-bond acceptors (Lipinski definition) is 4. The van der Waals surface area contributed by atoms with E-state index in [1.807, 2.05) is 0 Å². The molecule has 0 atom stereocenters. The highest BCUT2D eigenvalue weighted by atomic mass is 79.9. The first kappa shape index (κ1) is 18.0. The summed E-state index contributed by atoms with van der Waals surface area (Å²) in [6, 6.07) is 11.1. The number of carbonyl (C=O) groups excluding carboxylic acids is 1. The van der Waals surface area contributed by atoms with Crippen molar-refractivity contribution in [3.8, 4) is 11.5 Å². The van der Waals surface area contributed by atoms with Crippen LogP contribution < -0.4 is 9.47 Å². The van der Waals surface area contributed by atoms with E-state index >= 15 is 0 Å². The number of carbonyl (C=O) groups is 2. The number of carboxylic acids is 1. The van der Waals surface area contributed by atoms with E-state index in [0.29, 0.717) is 22.4 Å². The van der Waals surface area contributed by atoms with Gasteiger partial charge in [0.2, 0.25) is 0 Å². The van der Waals surface area contributed by atoms with Gasteiger partial charge in [-0.3, -0.25) is 0 Å². The topological polar surface area (TPSA) is 72.8 Å². The van der Waals surface area contributed by atoms with Gasteiger partial charge in [-0.05, 0) is 52.7 Å². The third-order valence-corrected chi connectivity index (χ3v) is 3.86. The van der Waals surface area contributed by atoms with E-state index in [2.05, 4.69) is 22.9 Å². The molecule has 2 aromatic carbocycles. The molecule has 6 heteroatoms. The monoisotopic (exact) mass is 392 g/mol. The van der Waals surface area contributed by atoms with Gasteiger partial charge < -0.3 is 14.6 Å². The lowest BCUT2D eigenvalue weighted by atomic mass is 10.2. The number of halogens is 1. The van der Waals surface area contributed by atoms with Crippen molar-refractivity contribution in [1.82, 2.24) is 0 Å². The van der Waals surface area contributed by atoms with E-state index in [-0.39, 0.29) is 11.3 Å². The van der Waals surface area contributed by atoms with Gasteiger partial charge in [0.15, 0.2) is 0 Å². The number of esters is 1. The zero-order valence-electron chi connectivity index (χ0n) is 13.1. The Morgan fingerprint density at radius 2 is 1.88 bits per heavy atom. The van der Waals surface area contributed by atoms with Gasteiger partial charge >= 0.3 is 11.9 Å². The van der Waals surface area contributed by atoms with E-state index in [0.717, 1.165) is 12.8 Å². The second kappa shape index (κ2) is 8.49. The van der Waals surface area contributed by atoms with Crippen LogP contribution in [-0.2, 0) is 0 Å². The van der Waals surface area contributed by atoms with Crippen molar-refractivity contribution in [2.75, 3.05) is 6.61 Å². The summed E-state index contributed by atoms with van der Waals surface area (Å²) in [6.07, 6.45) is 1.89. The second-order valence-electron chi connectivity index (χ2n) is 5.04. The van der Waals surface area contributed by atoms with Gasteiger partial charge in [0.1, 0.15) is 17.1 Å². The van der Waals surface area contributed by atoms with Crippen LogP contribution in [0.3, 0.4) is 0 Å². The standard InChI is InChI=1S/C18H17BrO5/c1-2-3-10-23-15-7-5-4-6-13(15)18(22)24-16-9-8-12(17(20)21)11-14(16)19/h4-9,11H,2-3,10H2,1H3,(H,20,21). The van der Waals surface area contributed by atoms with Crippen molar-refractivity contribution in [2.45, 2.75) is 19.8 Å². The largest absolute Gasteiger partial charge is 0.493 e. The van der Waals surface area contributed by atoms with Crippen LogP contribution in [0.2, 0.25) is 0 Å². The third kappa shape index (κ3) is 4.58. The molecular weight excluding hydrogens is 376 g/mol. The number of benzene rings is 2. The number of hydrogen-bond donors (Lipinski definition) is 1. The fourth-order valence-corrected chi connectivity index (χ4v) is 2.42. The summed E-state index contributed by atoms with van der Waals surface area (Å²) in [5, 5.41) is 8.95. The molecule has 0 fully saturated rings. The van der Waals surface area contributed by atoms with Crippen LogP contribution in [0.5, 0.6) is 11.5 Å². The molecule has 0 aliphatic carbocycles. The summed E-state index contributed by atoms with van der Waals surface area (Å²) in [5.74, 6) is -0.906. The molecule has 0 radical (unpaired) electrons. The summed E-state index contributed by atoms with van der Waals surface area (Å²) < 4.78 is 11.4. The first-order valence-electron chi connectivity index (χ1n) is 7.49. The van der Waals surface area contributed by atoms with Gasteiger partial charge in [-0.2, -0.15) is 0 Å². The molecule has 2 aromatic rings. The lowest BCUT2D eigenvalue weighted by molar-refractivity contribution is 0.0696. The Balaban J connectivity index is 2.17. The molecule has 0 aliphatic heterocycles. The van der Waals surface area contributed by atoms with Gasteiger partial charge in [-0.15, -0.1) is 0 Å². The Bertz CT molecular complexity index is 742. The SMILES string of the molecule is CCCCOc1ccccc1C(=O)Oc1ccc(C(=O)O)cc1Br. The van der Waals surface area contributed by atoms with E-state index < -0.39 is 11.9 Å². The van der Waals surface area contributed by atoms with Crippen molar-refractivity contribution in [3.63, 3.8) is 0 Å². The van der Waals surface area contributed by atoms with E-state index in [1.54, 1.807) is 24.3 Å². The smallest absolute Gasteiger partial charge is 0.347 e. The molecule has 5 nitrogen and oxygen atoms in total. The maximum absolute atomic E-state index is 12.4. The van der Waals surface area contributed by atoms with Gasteiger partial charge in [0.25, 0.3) is 0 Å². The van der Waals surface area contributed by atoms with Crippen LogP contribution in [0, 0.1) is 0 Å². The molecule has 0 saturated heterocycles. The number of ether oxygens (including phenoxy) is 2. The summed E-state index contributed by atoms with van der Waals surface area (Å²) in [4.78, 5) is 23.3. The molecule has 0 spiro atoms. The average molecular weight is 393 g/mol. The highest BCUT2D eigenvalue weighted by Gasteiger charge is 2.16. The highest BCUT2D eigenvalue weighted by Crippen LogP contribution is 2.28. The van der Waals surface area contributed by atoms with Crippen LogP contribution in [0.25, 0.3) is 0 Å². The normalized spacial score (nSPS) is 10.2. The Morgan fingerprint density at radius 3 is 2.54 bits per heavy atom. The van der Waals surface area contributed by atoms with Crippen molar-refractivity contribution >= 4 is 27.9 Å². The molecule has 0 bridgehead atoms. The van der Waals surface area contributed by atoms with Crippen molar-refractivity contribution in [3.05, 3.63) is 58.1 Å². The zero-order valence-corrected chi connectivity index (χ0v) is 14.7. The minimum absolute atomic E-state index is 0.102. The van der Waals surface area contributed by atoms with Crippen LogP contribution >= 0.6 is 15.9 Å². The van der Waals surface area contributed by atoms with E-state index in [1.165, 1.54) is 18.2 Å². The fourth-order valence-electron chi connectivity index (χ4n) is 1.96. The molecule has 1 N–H and O–H groups in total. The van der Waals surface area contributed by atoms with E-state index in [4.69, 9.17) is 14.6 Å². The van der Waals surface area contributed by atoms with Crippen LogP contribution in [0.1, 0.15) is 40.5 Å². The summed E-state index contributed by atoms with van der Waals surface area (Å²) >= 11 is 3.21. The fraction of sp³-hybridized carbons (Fsp3) is 0.222. The second-order valence-corrected chi connectivity index (χ2v) is 5.89. The van der Waals surface area contributed by atoms with Crippen LogP contribution in [0.15, 0.2) is 46.9 Å².